The maximum atomic E-state index is 12.6. The van der Waals surface area contributed by atoms with Crippen LogP contribution in [-0.2, 0) is 9.59 Å². The molecular formula is C21H20N2O5S. The number of carbonyl (C=O) groups excluding carboxylic acids is 3. The number of amides is 3. The Balaban J connectivity index is 1.72. The number of benzene rings is 2. The lowest BCUT2D eigenvalue weighted by Crippen LogP contribution is -2.36. The molecule has 0 bridgehead atoms. The normalized spacial score (nSPS) is 15.1. The molecule has 0 unspecified atom stereocenters. The van der Waals surface area contributed by atoms with E-state index in [1.165, 1.54) is 19.3 Å². The van der Waals surface area contributed by atoms with Gasteiger partial charge in [-0.25, -0.2) is 0 Å². The molecule has 0 spiro atoms. The smallest absolute Gasteiger partial charge is 0.294 e. The van der Waals surface area contributed by atoms with Crippen molar-refractivity contribution in [2.75, 3.05) is 19.0 Å². The number of nitrogens with one attached hydrogen (secondary N) is 1. The molecule has 3 rings (SSSR count). The molecule has 150 valence electrons. The third kappa shape index (κ3) is 4.60. The standard InChI is InChI=1S/C21H20N2O5S/c1-12-4-5-13(2)15(8-12)22-19(25)11-23-20(26)18(29-21(23)27)10-14-6-7-17(28-3)16(24)9-14/h4-10,24H,11H2,1-3H3,(H,22,25)/b18-10+. The molecule has 0 aromatic heterocycles. The van der Waals surface area contributed by atoms with Crippen LogP contribution in [0.4, 0.5) is 10.5 Å². The average Bonchev–Trinajstić information content (AvgIpc) is 2.92. The Bertz CT molecular complexity index is 1030. The highest BCUT2D eigenvalue weighted by Gasteiger charge is 2.36. The van der Waals surface area contributed by atoms with E-state index < -0.39 is 17.1 Å². The summed E-state index contributed by atoms with van der Waals surface area (Å²) in [6.45, 7) is 3.40. The van der Waals surface area contributed by atoms with Crippen molar-refractivity contribution in [2.24, 2.45) is 0 Å². The molecule has 2 N–H and O–H groups in total. The molecule has 2 aromatic carbocycles. The van der Waals surface area contributed by atoms with E-state index in [1.807, 2.05) is 32.0 Å². The molecular weight excluding hydrogens is 392 g/mol. The number of carbonyl (C=O) groups is 3. The number of nitrogens with zero attached hydrogens (tertiary/aromatic N) is 1. The summed E-state index contributed by atoms with van der Waals surface area (Å²) in [5.41, 5.74) is 3.06. The van der Waals surface area contributed by atoms with Crippen molar-refractivity contribution in [1.29, 1.82) is 0 Å². The minimum Gasteiger partial charge on any atom is -0.504 e. The van der Waals surface area contributed by atoms with E-state index in [0.717, 1.165) is 27.8 Å². The van der Waals surface area contributed by atoms with Crippen LogP contribution in [0.5, 0.6) is 11.5 Å². The first-order valence-corrected chi connectivity index (χ1v) is 9.59. The van der Waals surface area contributed by atoms with Crippen LogP contribution in [0.15, 0.2) is 41.3 Å². The van der Waals surface area contributed by atoms with E-state index in [1.54, 1.807) is 12.1 Å². The largest absolute Gasteiger partial charge is 0.504 e. The monoisotopic (exact) mass is 412 g/mol. The fraction of sp³-hybridized carbons (Fsp3) is 0.190. The molecule has 3 amide bonds. The molecule has 8 heteroatoms. The van der Waals surface area contributed by atoms with E-state index in [9.17, 15) is 19.5 Å². The highest BCUT2D eigenvalue weighted by Crippen LogP contribution is 2.34. The van der Waals surface area contributed by atoms with Crippen LogP contribution >= 0.6 is 11.8 Å². The predicted octanol–water partition coefficient (Wildman–Crippen LogP) is 3.69. The quantitative estimate of drug-likeness (QED) is 0.727. The lowest BCUT2D eigenvalue weighted by molar-refractivity contribution is -0.127. The first kappa shape index (κ1) is 20.5. The average molecular weight is 412 g/mol. The van der Waals surface area contributed by atoms with Crippen molar-refractivity contribution in [3.8, 4) is 11.5 Å². The second-order valence-corrected chi connectivity index (χ2v) is 7.56. The number of hydrogen-bond donors (Lipinski definition) is 2. The van der Waals surface area contributed by atoms with E-state index in [-0.39, 0.29) is 17.2 Å². The zero-order valence-electron chi connectivity index (χ0n) is 16.2. The fourth-order valence-corrected chi connectivity index (χ4v) is 3.63. The lowest BCUT2D eigenvalue weighted by Gasteiger charge is -2.14. The number of hydrogen-bond acceptors (Lipinski definition) is 6. The third-order valence-corrected chi connectivity index (χ3v) is 5.25. The van der Waals surface area contributed by atoms with Crippen LogP contribution in [-0.4, -0.2) is 40.7 Å². The summed E-state index contributed by atoms with van der Waals surface area (Å²) in [4.78, 5) is 38.3. The number of thioether (sulfide) groups is 1. The topological polar surface area (TPSA) is 95.9 Å². The van der Waals surface area contributed by atoms with Crippen LogP contribution in [0.3, 0.4) is 0 Å². The molecule has 0 radical (unpaired) electrons. The molecule has 1 saturated heterocycles. The van der Waals surface area contributed by atoms with Crippen molar-refractivity contribution in [3.63, 3.8) is 0 Å². The van der Waals surface area contributed by atoms with Crippen molar-refractivity contribution in [1.82, 2.24) is 4.90 Å². The Labute approximate surface area is 172 Å². The highest BCUT2D eigenvalue weighted by atomic mass is 32.2. The Morgan fingerprint density at radius 1 is 1.21 bits per heavy atom. The number of aromatic hydroxyl groups is 1. The lowest BCUT2D eigenvalue weighted by atomic mass is 10.1. The number of imide groups is 1. The highest BCUT2D eigenvalue weighted by molar-refractivity contribution is 8.18. The van der Waals surface area contributed by atoms with E-state index >= 15 is 0 Å². The van der Waals surface area contributed by atoms with Gasteiger partial charge >= 0.3 is 0 Å². The number of rotatable bonds is 5. The molecule has 7 nitrogen and oxygen atoms in total. The van der Waals surface area contributed by atoms with Crippen LogP contribution < -0.4 is 10.1 Å². The molecule has 29 heavy (non-hydrogen) atoms. The summed E-state index contributed by atoms with van der Waals surface area (Å²) in [6.07, 6.45) is 1.49. The molecule has 2 aromatic rings. The number of aryl methyl sites for hydroxylation is 2. The van der Waals surface area contributed by atoms with Gasteiger partial charge in [0.05, 0.1) is 12.0 Å². The number of phenolic OH excluding ortho intramolecular Hbond substituents is 1. The third-order valence-electron chi connectivity index (χ3n) is 4.34. The van der Waals surface area contributed by atoms with E-state index in [0.29, 0.717) is 17.0 Å². The van der Waals surface area contributed by atoms with Gasteiger partial charge in [0.15, 0.2) is 11.5 Å². The van der Waals surface area contributed by atoms with Gasteiger partial charge < -0.3 is 15.2 Å². The molecule has 0 saturated carbocycles. The van der Waals surface area contributed by atoms with Gasteiger partial charge in [-0.1, -0.05) is 18.2 Å². The van der Waals surface area contributed by atoms with Crippen molar-refractivity contribution in [2.45, 2.75) is 13.8 Å². The zero-order valence-corrected chi connectivity index (χ0v) is 17.0. The van der Waals surface area contributed by atoms with Crippen LogP contribution in [0.2, 0.25) is 0 Å². The van der Waals surface area contributed by atoms with Gasteiger partial charge in [0.1, 0.15) is 6.54 Å². The van der Waals surface area contributed by atoms with Gasteiger partial charge in [0.2, 0.25) is 5.91 Å². The van der Waals surface area contributed by atoms with Crippen molar-refractivity contribution < 1.29 is 24.2 Å². The zero-order chi connectivity index (χ0) is 21.1. The first-order chi connectivity index (χ1) is 13.8. The van der Waals surface area contributed by atoms with Crippen LogP contribution in [0.25, 0.3) is 6.08 Å². The molecule has 1 aliphatic heterocycles. The Hall–Kier alpha value is -3.26. The predicted molar refractivity (Wildman–Crippen MR) is 112 cm³/mol. The number of ether oxygens (including phenoxy) is 1. The molecule has 1 aliphatic rings. The minimum atomic E-state index is -0.550. The summed E-state index contributed by atoms with van der Waals surface area (Å²) in [7, 11) is 1.43. The molecule has 1 heterocycles. The van der Waals surface area contributed by atoms with Gasteiger partial charge in [-0.05, 0) is 66.6 Å². The summed E-state index contributed by atoms with van der Waals surface area (Å²) in [5.74, 6) is -0.775. The SMILES string of the molecule is COc1ccc(/C=C2/SC(=O)N(CC(=O)Nc3cc(C)ccc3C)C2=O)cc1O. The summed E-state index contributed by atoms with van der Waals surface area (Å²) >= 11 is 0.752. The minimum absolute atomic E-state index is 0.0756. The maximum Gasteiger partial charge on any atom is 0.294 e. The first-order valence-electron chi connectivity index (χ1n) is 8.78. The van der Waals surface area contributed by atoms with E-state index in [2.05, 4.69) is 5.32 Å². The van der Waals surface area contributed by atoms with Crippen molar-refractivity contribution in [3.05, 3.63) is 58.0 Å². The summed E-state index contributed by atoms with van der Waals surface area (Å²) in [6, 6.07) is 10.3. The fourth-order valence-electron chi connectivity index (χ4n) is 2.79. The van der Waals surface area contributed by atoms with Crippen LogP contribution in [0, 0.1) is 13.8 Å². The summed E-state index contributed by atoms with van der Waals surface area (Å²) < 4.78 is 4.98. The van der Waals surface area contributed by atoms with Crippen molar-refractivity contribution >= 4 is 40.6 Å². The van der Waals surface area contributed by atoms with Gasteiger partial charge in [0, 0.05) is 5.69 Å². The molecule has 0 aliphatic carbocycles. The second kappa shape index (κ2) is 8.40. The number of phenols is 1. The Kier molecular flexibility index (Phi) is 5.93. The van der Waals surface area contributed by atoms with E-state index in [4.69, 9.17) is 4.74 Å². The van der Waals surface area contributed by atoms with Gasteiger partial charge in [0.25, 0.3) is 11.1 Å². The molecule has 1 fully saturated rings. The second-order valence-electron chi connectivity index (χ2n) is 6.57. The van der Waals surface area contributed by atoms with Gasteiger partial charge in [-0.2, -0.15) is 0 Å². The van der Waals surface area contributed by atoms with Gasteiger partial charge in [-0.3, -0.25) is 19.3 Å². The van der Waals surface area contributed by atoms with Crippen LogP contribution in [0.1, 0.15) is 16.7 Å². The Morgan fingerprint density at radius 3 is 2.66 bits per heavy atom. The number of methoxy groups -OCH3 is 1. The summed E-state index contributed by atoms with van der Waals surface area (Å²) in [5, 5.41) is 12.1. The maximum absolute atomic E-state index is 12.6. The number of anilines is 1. The Morgan fingerprint density at radius 2 is 1.97 bits per heavy atom. The molecule has 0 atom stereocenters. The van der Waals surface area contributed by atoms with Gasteiger partial charge in [-0.15, -0.1) is 0 Å².